The highest BCUT2D eigenvalue weighted by Crippen LogP contribution is 2.33. The molecule has 2 aliphatic heterocycles. The van der Waals surface area contributed by atoms with Crippen LogP contribution in [-0.4, -0.2) is 48.8 Å². The number of carbonyl (C=O) groups is 2. The van der Waals surface area contributed by atoms with Gasteiger partial charge >= 0.3 is 0 Å². The van der Waals surface area contributed by atoms with E-state index in [2.05, 4.69) is 4.90 Å². The molecular weight excluding hydrogens is 266 g/mol. The topological polar surface area (TPSA) is 66.6 Å². The summed E-state index contributed by atoms with van der Waals surface area (Å²) in [5.74, 6) is 0.140. The summed E-state index contributed by atoms with van der Waals surface area (Å²) in [7, 11) is 0. The van der Waals surface area contributed by atoms with Gasteiger partial charge in [0.15, 0.2) is 5.78 Å². The van der Waals surface area contributed by atoms with Crippen LogP contribution in [0.3, 0.4) is 0 Å². The van der Waals surface area contributed by atoms with Crippen LogP contribution in [-0.2, 0) is 11.2 Å². The Hall–Kier alpha value is -1.88. The van der Waals surface area contributed by atoms with Crippen LogP contribution in [0.15, 0.2) is 18.2 Å². The van der Waals surface area contributed by atoms with Crippen LogP contribution in [0.2, 0.25) is 0 Å². The van der Waals surface area contributed by atoms with E-state index in [1.54, 1.807) is 6.92 Å². The van der Waals surface area contributed by atoms with Crippen molar-refractivity contribution in [3.8, 4) is 0 Å². The second kappa shape index (κ2) is 5.48. The molecule has 0 aromatic heterocycles. The fourth-order valence-electron chi connectivity index (χ4n) is 3.38. The summed E-state index contributed by atoms with van der Waals surface area (Å²) in [6.07, 6.45) is 1.96. The lowest BCUT2D eigenvalue weighted by atomic mass is 10.1. The molecule has 0 aliphatic carbocycles. The van der Waals surface area contributed by atoms with Gasteiger partial charge in [-0.1, -0.05) is 0 Å². The van der Waals surface area contributed by atoms with E-state index in [1.807, 2.05) is 23.1 Å². The molecule has 0 saturated carbocycles. The Labute approximate surface area is 124 Å². The van der Waals surface area contributed by atoms with Crippen LogP contribution in [0.4, 0.5) is 5.69 Å². The standard InChI is InChI=1S/C16H21N3O2/c1-11(20)12-2-3-15-13(8-12)4-7-19(15)14-5-6-18(10-14)16(21)9-17/h2-3,8,14H,4-7,9-10,17H2,1H3. The number of ketones is 1. The van der Waals surface area contributed by atoms with Crippen molar-refractivity contribution in [1.82, 2.24) is 4.90 Å². The second-order valence-corrected chi connectivity index (χ2v) is 5.83. The SMILES string of the molecule is CC(=O)c1ccc2c(c1)CCN2C1CCN(C(=O)CN)C1. The maximum atomic E-state index is 11.7. The van der Waals surface area contributed by atoms with Gasteiger partial charge in [-0.15, -0.1) is 0 Å². The average Bonchev–Trinajstić information content (AvgIpc) is 3.11. The molecule has 1 aromatic rings. The molecule has 0 radical (unpaired) electrons. The predicted octanol–water partition coefficient (Wildman–Crippen LogP) is 0.811. The highest BCUT2D eigenvalue weighted by molar-refractivity contribution is 5.95. The molecule has 0 bridgehead atoms. The number of fused-ring (bicyclic) bond motifs is 1. The maximum absolute atomic E-state index is 11.7. The first-order valence-corrected chi connectivity index (χ1v) is 7.48. The quantitative estimate of drug-likeness (QED) is 0.836. The molecule has 2 aliphatic rings. The number of carbonyl (C=O) groups excluding carboxylic acids is 2. The minimum atomic E-state index is 0.0313. The van der Waals surface area contributed by atoms with Gasteiger partial charge in [0, 0.05) is 36.9 Å². The molecule has 1 fully saturated rings. The van der Waals surface area contributed by atoms with Gasteiger partial charge < -0.3 is 15.5 Å². The highest BCUT2D eigenvalue weighted by atomic mass is 16.2. The molecule has 21 heavy (non-hydrogen) atoms. The third-order valence-electron chi connectivity index (χ3n) is 4.55. The first kappa shape index (κ1) is 14.1. The summed E-state index contributed by atoms with van der Waals surface area (Å²) >= 11 is 0. The fourth-order valence-corrected chi connectivity index (χ4v) is 3.38. The van der Waals surface area contributed by atoms with Crippen molar-refractivity contribution in [1.29, 1.82) is 0 Å². The van der Waals surface area contributed by atoms with E-state index < -0.39 is 0 Å². The smallest absolute Gasteiger partial charge is 0.236 e. The predicted molar refractivity (Wildman–Crippen MR) is 81.5 cm³/mol. The monoisotopic (exact) mass is 287 g/mol. The normalized spacial score (nSPS) is 20.8. The molecule has 5 heteroatoms. The van der Waals surface area contributed by atoms with Crippen molar-refractivity contribution in [3.63, 3.8) is 0 Å². The number of hydrogen-bond donors (Lipinski definition) is 1. The van der Waals surface area contributed by atoms with Crippen LogP contribution in [0.5, 0.6) is 0 Å². The van der Waals surface area contributed by atoms with Crippen LogP contribution in [0.1, 0.15) is 29.3 Å². The Morgan fingerprint density at radius 3 is 2.86 bits per heavy atom. The molecule has 3 rings (SSSR count). The Bertz CT molecular complexity index is 585. The van der Waals surface area contributed by atoms with Crippen molar-refractivity contribution in [3.05, 3.63) is 29.3 Å². The van der Waals surface area contributed by atoms with Gasteiger partial charge in [0.05, 0.1) is 6.54 Å². The van der Waals surface area contributed by atoms with E-state index in [0.717, 1.165) is 38.0 Å². The number of Topliss-reactive ketones (excluding diaryl/α,β-unsaturated/α-hetero) is 1. The molecule has 1 unspecified atom stereocenters. The number of likely N-dealkylation sites (tertiary alicyclic amines) is 1. The molecule has 1 aromatic carbocycles. The zero-order valence-electron chi connectivity index (χ0n) is 12.3. The van der Waals surface area contributed by atoms with Crippen LogP contribution >= 0.6 is 0 Å². The van der Waals surface area contributed by atoms with Crippen LogP contribution in [0.25, 0.3) is 0 Å². The number of rotatable bonds is 3. The third kappa shape index (κ3) is 2.53. The Morgan fingerprint density at radius 2 is 2.14 bits per heavy atom. The minimum Gasteiger partial charge on any atom is -0.366 e. The van der Waals surface area contributed by atoms with E-state index in [4.69, 9.17) is 5.73 Å². The second-order valence-electron chi connectivity index (χ2n) is 5.83. The number of hydrogen-bond acceptors (Lipinski definition) is 4. The number of amides is 1. The molecule has 5 nitrogen and oxygen atoms in total. The molecule has 0 spiro atoms. The third-order valence-corrected chi connectivity index (χ3v) is 4.55. The molecule has 112 valence electrons. The minimum absolute atomic E-state index is 0.0313. The van der Waals surface area contributed by atoms with Crippen molar-refractivity contribution in [2.24, 2.45) is 5.73 Å². The van der Waals surface area contributed by atoms with Gasteiger partial charge in [-0.2, -0.15) is 0 Å². The zero-order valence-corrected chi connectivity index (χ0v) is 12.3. The highest BCUT2D eigenvalue weighted by Gasteiger charge is 2.33. The number of benzene rings is 1. The Balaban J connectivity index is 1.76. The summed E-state index contributed by atoms with van der Waals surface area (Å²) in [4.78, 5) is 27.4. The summed E-state index contributed by atoms with van der Waals surface area (Å²) in [6, 6.07) is 6.32. The summed E-state index contributed by atoms with van der Waals surface area (Å²) < 4.78 is 0. The van der Waals surface area contributed by atoms with Gasteiger partial charge in [-0.25, -0.2) is 0 Å². The Kier molecular flexibility index (Phi) is 3.68. The molecular formula is C16H21N3O2. The van der Waals surface area contributed by atoms with E-state index >= 15 is 0 Å². The van der Waals surface area contributed by atoms with E-state index in [0.29, 0.717) is 6.04 Å². The van der Waals surface area contributed by atoms with Gasteiger partial charge in [0.25, 0.3) is 0 Å². The van der Waals surface area contributed by atoms with Gasteiger partial charge in [0.1, 0.15) is 0 Å². The lowest BCUT2D eigenvalue weighted by Gasteiger charge is -2.27. The van der Waals surface area contributed by atoms with Crippen LogP contribution in [0, 0.1) is 0 Å². The molecule has 1 saturated heterocycles. The van der Waals surface area contributed by atoms with Crippen molar-refractivity contribution in [2.75, 3.05) is 31.1 Å². The van der Waals surface area contributed by atoms with Gasteiger partial charge in [0.2, 0.25) is 5.91 Å². The van der Waals surface area contributed by atoms with E-state index in [-0.39, 0.29) is 18.2 Å². The largest absolute Gasteiger partial charge is 0.366 e. The van der Waals surface area contributed by atoms with Crippen LogP contribution < -0.4 is 10.6 Å². The Morgan fingerprint density at radius 1 is 1.33 bits per heavy atom. The number of nitrogens with two attached hydrogens (primary N) is 1. The average molecular weight is 287 g/mol. The zero-order chi connectivity index (χ0) is 15.0. The van der Waals surface area contributed by atoms with Gasteiger partial charge in [-0.05, 0) is 43.5 Å². The number of anilines is 1. The fraction of sp³-hybridized carbons (Fsp3) is 0.500. The first-order valence-electron chi connectivity index (χ1n) is 7.48. The summed E-state index contributed by atoms with van der Waals surface area (Å²) in [6.45, 7) is 4.20. The van der Waals surface area contributed by atoms with Crippen molar-refractivity contribution < 1.29 is 9.59 Å². The van der Waals surface area contributed by atoms with E-state index in [9.17, 15) is 9.59 Å². The van der Waals surface area contributed by atoms with Crippen molar-refractivity contribution >= 4 is 17.4 Å². The molecule has 2 N–H and O–H groups in total. The van der Waals surface area contributed by atoms with E-state index in [1.165, 1.54) is 11.3 Å². The maximum Gasteiger partial charge on any atom is 0.236 e. The number of nitrogens with zero attached hydrogens (tertiary/aromatic N) is 2. The molecule has 2 heterocycles. The first-order chi connectivity index (χ1) is 10.1. The molecule has 1 atom stereocenters. The van der Waals surface area contributed by atoms with Gasteiger partial charge in [-0.3, -0.25) is 9.59 Å². The lowest BCUT2D eigenvalue weighted by Crippen LogP contribution is -2.39. The van der Waals surface area contributed by atoms with Crippen molar-refractivity contribution in [2.45, 2.75) is 25.8 Å². The summed E-state index contributed by atoms with van der Waals surface area (Å²) in [5.41, 5.74) is 8.67. The summed E-state index contributed by atoms with van der Waals surface area (Å²) in [5, 5.41) is 0. The molecule has 1 amide bonds. The lowest BCUT2D eigenvalue weighted by molar-refractivity contribution is -0.128.